The predicted molar refractivity (Wildman–Crippen MR) is 76.9 cm³/mol. The van der Waals surface area contributed by atoms with Crippen LogP contribution in [0, 0.1) is 11.8 Å². The minimum Gasteiger partial charge on any atom is -0.481 e. The Morgan fingerprint density at radius 1 is 1.19 bits per heavy atom. The van der Waals surface area contributed by atoms with E-state index in [2.05, 4.69) is 5.32 Å². The van der Waals surface area contributed by atoms with Crippen molar-refractivity contribution in [2.75, 3.05) is 5.32 Å². The van der Waals surface area contributed by atoms with Gasteiger partial charge >= 0.3 is 5.97 Å². The number of carboxylic acids is 1. The molecule has 5 heteroatoms. The Morgan fingerprint density at radius 3 is 2.52 bits per heavy atom. The lowest BCUT2D eigenvalue weighted by Gasteiger charge is -2.21. The third-order valence-electron chi connectivity index (χ3n) is 4.14. The molecule has 2 aliphatic rings. The van der Waals surface area contributed by atoms with E-state index in [1.807, 2.05) is 31.2 Å². The van der Waals surface area contributed by atoms with E-state index in [1.54, 1.807) is 12.2 Å². The number of rotatable bonds is 4. The number of carbonyl (C=O) groups excluding carboxylic acids is 1. The molecular weight excluding hydrogens is 270 g/mol. The Hall–Kier alpha value is -2.14. The van der Waals surface area contributed by atoms with Crippen LogP contribution in [0.25, 0.3) is 0 Å². The first-order valence-corrected chi connectivity index (χ1v) is 7.07. The predicted octanol–water partition coefficient (Wildman–Crippen LogP) is 1.84. The molecule has 2 aliphatic heterocycles. The van der Waals surface area contributed by atoms with Crippen molar-refractivity contribution < 1.29 is 19.4 Å². The number of hydrogen-bond acceptors (Lipinski definition) is 3. The van der Waals surface area contributed by atoms with Crippen LogP contribution in [0.5, 0.6) is 0 Å². The maximum Gasteiger partial charge on any atom is 0.310 e. The first-order valence-electron chi connectivity index (χ1n) is 7.07. The van der Waals surface area contributed by atoms with E-state index < -0.39 is 30.0 Å². The van der Waals surface area contributed by atoms with Gasteiger partial charge in [-0.2, -0.15) is 0 Å². The molecule has 1 saturated heterocycles. The first-order chi connectivity index (χ1) is 10.1. The normalized spacial score (nSPS) is 29.6. The molecule has 0 radical (unpaired) electrons. The number of aliphatic carboxylic acids is 1. The number of carboxylic acid groups (broad SMARTS) is 1. The fourth-order valence-electron chi connectivity index (χ4n) is 3.08. The minimum absolute atomic E-state index is 0.292. The summed E-state index contributed by atoms with van der Waals surface area (Å²) in [5.41, 5.74) is 1.76. The fourth-order valence-corrected chi connectivity index (χ4v) is 3.08. The molecule has 5 nitrogen and oxygen atoms in total. The summed E-state index contributed by atoms with van der Waals surface area (Å²) in [5, 5.41) is 12.2. The van der Waals surface area contributed by atoms with E-state index in [0.717, 1.165) is 17.7 Å². The monoisotopic (exact) mass is 287 g/mol. The Balaban J connectivity index is 1.82. The minimum atomic E-state index is -0.990. The molecule has 0 unspecified atom stereocenters. The van der Waals surface area contributed by atoms with E-state index in [0.29, 0.717) is 0 Å². The molecule has 4 atom stereocenters. The maximum atomic E-state index is 12.5. The van der Waals surface area contributed by atoms with Crippen molar-refractivity contribution in [1.82, 2.24) is 0 Å². The second-order valence-electron chi connectivity index (χ2n) is 5.34. The molecule has 0 aromatic heterocycles. The van der Waals surface area contributed by atoms with Gasteiger partial charge in [-0.1, -0.05) is 37.3 Å². The lowest BCUT2D eigenvalue weighted by Crippen LogP contribution is -2.39. The van der Waals surface area contributed by atoms with Crippen LogP contribution < -0.4 is 5.32 Å². The van der Waals surface area contributed by atoms with E-state index in [4.69, 9.17) is 4.74 Å². The third-order valence-corrected chi connectivity index (χ3v) is 4.14. The average molecular weight is 287 g/mol. The second kappa shape index (κ2) is 5.33. The number of hydrogen-bond donors (Lipinski definition) is 2. The quantitative estimate of drug-likeness (QED) is 0.829. The summed E-state index contributed by atoms with van der Waals surface area (Å²) in [6.45, 7) is 2.01. The highest BCUT2D eigenvalue weighted by molar-refractivity contribution is 5.97. The molecule has 1 aromatic rings. The van der Waals surface area contributed by atoms with Crippen LogP contribution in [-0.2, 0) is 20.7 Å². The molecule has 0 aliphatic carbocycles. The van der Waals surface area contributed by atoms with Crippen molar-refractivity contribution in [2.24, 2.45) is 11.8 Å². The molecule has 1 aromatic carbocycles. The molecule has 1 fully saturated rings. The fraction of sp³-hybridized carbons (Fsp3) is 0.375. The van der Waals surface area contributed by atoms with E-state index in [1.165, 1.54) is 0 Å². The van der Waals surface area contributed by atoms with Crippen LogP contribution in [0.1, 0.15) is 12.5 Å². The van der Waals surface area contributed by atoms with Crippen molar-refractivity contribution >= 4 is 17.6 Å². The standard InChI is InChI=1S/C16H17NO4/c1-2-9-5-3-4-6-10(9)17-15(18)13-11-7-8-12(21-11)14(13)16(19)20/h3-8,11-14H,2H2,1H3,(H,17,18)(H,19,20)/t11-,12-,13-,14+/m1/s1. The Morgan fingerprint density at radius 2 is 1.86 bits per heavy atom. The van der Waals surface area contributed by atoms with Crippen LogP contribution in [0.4, 0.5) is 5.69 Å². The van der Waals surface area contributed by atoms with E-state index in [-0.39, 0.29) is 5.91 Å². The number of amides is 1. The zero-order chi connectivity index (χ0) is 15.0. The van der Waals surface area contributed by atoms with Gasteiger partial charge in [-0.25, -0.2) is 0 Å². The lowest BCUT2D eigenvalue weighted by atomic mass is 9.82. The molecule has 2 heterocycles. The second-order valence-corrected chi connectivity index (χ2v) is 5.34. The van der Waals surface area contributed by atoms with E-state index in [9.17, 15) is 14.7 Å². The Labute approximate surface area is 122 Å². The number of para-hydroxylation sites is 1. The number of benzene rings is 1. The average Bonchev–Trinajstić information content (AvgIpc) is 3.08. The van der Waals surface area contributed by atoms with Gasteiger partial charge in [-0.15, -0.1) is 0 Å². The summed E-state index contributed by atoms with van der Waals surface area (Å²) >= 11 is 0. The molecule has 2 N–H and O–H groups in total. The van der Waals surface area contributed by atoms with Gasteiger partial charge in [0.1, 0.15) is 5.92 Å². The number of carbonyl (C=O) groups is 2. The first kappa shape index (κ1) is 13.8. The highest BCUT2D eigenvalue weighted by Crippen LogP contribution is 2.40. The number of nitrogens with one attached hydrogen (secondary N) is 1. The SMILES string of the molecule is CCc1ccccc1NC(=O)[C@H]1[C@@H](C(=O)O)[C@H]2C=C[C@H]1O2. The Kier molecular flexibility index (Phi) is 3.51. The summed E-state index contributed by atoms with van der Waals surface area (Å²) < 4.78 is 5.52. The van der Waals surface area contributed by atoms with E-state index >= 15 is 0 Å². The van der Waals surface area contributed by atoms with Gasteiger partial charge in [0.25, 0.3) is 0 Å². The van der Waals surface area contributed by atoms with Gasteiger partial charge in [-0.05, 0) is 18.1 Å². The molecule has 2 bridgehead atoms. The topological polar surface area (TPSA) is 75.6 Å². The van der Waals surface area contributed by atoms with Crippen molar-refractivity contribution in [3.63, 3.8) is 0 Å². The van der Waals surface area contributed by atoms with Crippen molar-refractivity contribution in [3.8, 4) is 0 Å². The number of anilines is 1. The van der Waals surface area contributed by atoms with Crippen molar-refractivity contribution in [3.05, 3.63) is 42.0 Å². The van der Waals surface area contributed by atoms with Crippen LogP contribution in [0.15, 0.2) is 36.4 Å². The number of aryl methyl sites for hydroxylation is 1. The van der Waals surface area contributed by atoms with Gasteiger partial charge in [-0.3, -0.25) is 9.59 Å². The molecule has 0 spiro atoms. The summed E-state index contributed by atoms with van der Waals surface area (Å²) in [4.78, 5) is 23.9. The summed E-state index contributed by atoms with van der Waals surface area (Å²) in [6, 6.07) is 7.54. The lowest BCUT2D eigenvalue weighted by molar-refractivity contribution is -0.145. The Bertz CT molecular complexity index is 610. The van der Waals surface area contributed by atoms with Gasteiger partial charge < -0.3 is 15.2 Å². The van der Waals surface area contributed by atoms with Crippen LogP contribution in [-0.4, -0.2) is 29.2 Å². The molecule has 21 heavy (non-hydrogen) atoms. The molecule has 110 valence electrons. The summed E-state index contributed by atoms with van der Waals surface area (Å²) in [6.07, 6.45) is 3.37. The van der Waals surface area contributed by atoms with Crippen molar-refractivity contribution in [1.29, 1.82) is 0 Å². The van der Waals surface area contributed by atoms with Crippen LogP contribution in [0.2, 0.25) is 0 Å². The van der Waals surface area contributed by atoms with Gasteiger partial charge in [0, 0.05) is 5.69 Å². The van der Waals surface area contributed by atoms with Gasteiger partial charge in [0.2, 0.25) is 5.91 Å². The molecule has 3 rings (SSSR count). The zero-order valence-corrected chi connectivity index (χ0v) is 11.7. The number of fused-ring (bicyclic) bond motifs is 2. The van der Waals surface area contributed by atoms with Gasteiger partial charge in [0.15, 0.2) is 0 Å². The third kappa shape index (κ3) is 2.34. The molecular formula is C16H17NO4. The highest BCUT2D eigenvalue weighted by Gasteiger charge is 2.53. The maximum absolute atomic E-state index is 12.5. The highest BCUT2D eigenvalue weighted by atomic mass is 16.5. The van der Waals surface area contributed by atoms with Gasteiger partial charge in [0.05, 0.1) is 18.1 Å². The van der Waals surface area contributed by atoms with Crippen molar-refractivity contribution in [2.45, 2.75) is 25.6 Å². The van der Waals surface area contributed by atoms with Crippen LogP contribution in [0.3, 0.4) is 0 Å². The zero-order valence-electron chi connectivity index (χ0n) is 11.7. The van der Waals surface area contributed by atoms with Crippen LogP contribution >= 0.6 is 0 Å². The number of ether oxygens (including phenoxy) is 1. The summed E-state index contributed by atoms with van der Waals surface area (Å²) in [7, 11) is 0. The largest absolute Gasteiger partial charge is 0.481 e. The summed E-state index contributed by atoms with van der Waals surface area (Å²) in [5.74, 6) is -2.77. The molecule has 0 saturated carbocycles. The molecule has 1 amide bonds. The smallest absolute Gasteiger partial charge is 0.310 e.